The summed E-state index contributed by atoms with van der Waals surface area (Å²) in [5, 5.41) is 6.27. The van der Waals surface area contributed by atoms with E-state index < -0.39 is 12.6 Å². The zero-order valence-corrected chi connectivity index (χ0v) is 13.3. The molecule has 2 unspecified atom stereocenters. The van der Waals surface area contributed by atoms with Crippen LogP contribution in [0.1, 0.15) is 31.2 Å². The van der Waals surface area contributed by atoms with Crippen LogP contribution in [0, 0.1) is 5.82 Å². The molecule has 2 rings (SSSR count). The van der Waals surface area contributed by atoms with Crippen molar-refractivity contribution in [2.24, 2.45) is 4.99 Å². The fraction of sp³-hybridized carbons (Fsp3) is 0.533. The van der Waals surface area contributed by atoms with Crippen LogP contribution in [0.15, 0.2) is 23.2 Å². The molecule has 128 valence electrons. The van der Waals surface area contributed by atoms with Crippen molar-refractivity contribution in [3.05, 3.63) is 34.6 Å². The van der Waals surface area contributed by atoms with Gasteiger partial charge in [0, 0.05) is 29.1 Å². The summed E-state index contributed by atoms with van der Waals surface area (Å²) in [4.78, 5) is 3.90. The average Bonchev–Trinajstić information content (AvgIpc) is 3.16. The van der Waals surface area contributed by atoms with Crippen molar-refractivity contribution < 1.29 is 17.6 Å². The molecule has 2 N–H and O–H groups in total. The minimum absolute atomic E-state index is 0.0897. The smallest absolute Gasteiger partial charge is 0.357 e. The van der Waals surface area contributed by atoms with Crippen molar-refractivity contribution in [2.45, 2.75) is 37.9 Å². The number of rotatable bonds is 5. The summed E-state index contributed by atoms with van der Waals surface area (Å²) in [5.41, 5.74) is 0.442. The maximum Gasteiger partial charge on any atom is 0.390 e. The summed E-state index contributed by atoms with van der Waals surface area (Å²) < 4.78 is 50.4. The van der Waals surface area contributed by atoms with Crippen LogP contribution in [0.4, 0.5) is 17.6 Å². The summed E-state index contributed by atoms with van der Waals surface area (Å²) in [7, 11) is 0. The lowest BCUT2D eigenvalue weighted by Crippen LogP contribution is -2.39. The highest BCUT2D eigenvalue weighted by Crippen LogP contribution is 2.44. The third-order valence-corrected chi connectivity index (χ3v) is 3.82. The van der Waals surface area contributed by atoms with Crippen molar-refractivity contribution in [1.29, 1.82) is 0 Å². The van der Waals surface area contributed by atoms with Gasteiger partial charge >= 0.3 is 6.18 Å². The second-order valence-corrected chi connectivity index (χ2v) is 5.76. The maximum atomic E-state index is 13.9. The molecular weight excluding hydrogens is 334 g/mol. The minimum atomic E-state index is -4.23. The summed E-state index contributed by atoms with van der Waals surface area (Å²) >= 11 is 6.02. The highest BCUT2D eigenvalue weighted by molar-refractivity contribution is 6.31. The first kappa shape index (κ1) is 17.8. The molecule has 2 atom stereocenters. The number of alkyl halides is 3. The van der Waals surface area contributed by atoms with E-state index in [4.69, 9.17) is 11.6 Å². The molecule has 1 aromatic rings. The molecule has 1 aromatic carbocycles. The van der Waals surface area contributed by atoms with Gasteiger partial charge in [-0.3, -0.25) is 4.99 Å². The number of hydrogen-bond acceptors (Lipinski definition) is 1. The molecule has 0 bridgehead atoms. The Kier molecular flexibility index (Phi) is 5.73. The largest absolute Gasteiger partial charge is 0.390 e. The van der Waals surface area contributed by atoms with Crippen LogP contribution in [0.2, 0.25) is 5.02 Å². The number of nitrogens with zero attached hydrogens (tertiary/aromatic N) is 1. The van der Waals surface area contributed by atoms with Crippen molar-refractivity contribution in [3.63, 3.8) is 0 Å². The lowest BCUT2D eigenvalue weighted by Gasteiger charge is -2.12. The van der Waals surface area contributed by atoms with E-state index in [9.17, 15) is 17.6 Å². The zero-order chi connectivity index (χ0) is 17.0. The molecule has 0 radical (unpaired) electrons. The lowest BCUT2D eigenvalue weighted by atomic mass is 10.1. The molecule has 0 spiro atoms. The van der Waals surface area contributed by atoms with Gasteiger partial charge in [0.2, 0.25) is 0 Å². The molecule has 0 aromatic heterocycles. The number of aliphatic imine (C=N–C) groups is 1. The van der Waals surface area contributed by atoms with Crippen molar-refractivity contribution >= 4 is 17.6 Å². The van der Waals surface area contributed by atoms with Crippen LogP contribution < -0.4 is 10.6 Å². The Balaban J connectivity index is 1.96. The van der Waals surface area contributed by atoms with E-state index in [1.165, 1.54) is 12.1 Å². The van der Waals surface area contributed by atoms with Gasteiger partial charge in [0.25, 0.3) is 0 Å². The topological polar surface area (TPSA) is 36.4 Å². The van der Waals surface area contributed by atoms with Crippen molar-refractivity contribution in [1.82, 2.24) is 10.6 Å². The van der Waals surface area contributed by atoms with Gasteiger partial charge in [-0.1, -0.05) is 17.7 Å². The molecule has 1 fully saturated rings. The number of guanidine groups is 1. The van der Waals surface area contributed by atoms with Crippen LogP contribution in [0.5, 0.6) is 0 Å². The van der Waals surface area contributed by atoms with Crippen LogP contribution in [0.3, 0.4) is 0 Å². The van der Waals surface area contributed by atoms with Crippen LogP contribution >= 0.6 is 11.6 Å². The Labute approximate surface area is 137 Å². The van der Waals surface area contributed by atoms with E-state index in [0.29, 0.717) is 29.5 Å². The monoisotopic (exact) mass is 351 g/mol. The second-order valence-electron chi connectivity index (χ2n) is 5.35. The van der Waals surface area contributed by atoms with Gasteiger partial charge in [0.15, 0.2) is 5.96 Å². The van der Waals surface area contributed by atoms with E-state index in [2.05, 4.69) is 15.6 Å². The highest BCUT2D eigenvalue weighted by atomic mass is 35.5. The van der Waals surface area contributed by atoms with E-state index >= 15 is 0 Å². The normalized spacial score (nSPS) is 21.2. The summed E-state index contributed by atoms with van der Waals surface area (Å²) in [6.45, 7) is 1.99. The maximum absolute atomic E-state index is 13.9. The molecule has 3 nitrogen and oxygen atoms in total. The summed E-state index contributed by atoms with van der Waals surface area (Å²) in [5.74, 6) is -0.169. The number of nitrogens with one attached hydrogen (secondary N) is 2. The van der Waals surface area contributed by atoms with Gasteiger partial charge < -0.3 is 10.6 Å². The molecule has 8 heteroatoms. The van der Waals surface area contributed by atoms with Crippen LogP contribution in [-0.2, 0) is 0 Å². The molecule has 0 aliphatic heterocycles. The molecular formula is C15H18ClF4N3. The van der Waals surface area contributed by atoms with E-state index in [-0.39, 0.29) is 24.3 Å². The first-order valence-corrected chi connectivity index (χ1v) is 7.75. The first-order chi connectivity index (χ1) is 10.8. The zero-order valence-electron chi connectivity index (χ0n) is 12.6. The minimum Gasteiger partial charge on any atom is -0.357 e. The van der Waals surface area contributed by atoms with Crippen LogP contribution in [-0.4, -0.2) is 31.3 Å². The van der Waals surface area contributed by atoms with Gasteiger partial charge in [0.05, 0.1) is 13.0 Å². The lowest BCUT2D eigenvalue weighted by molar-refractivity contribution is -0.132. The summed E-state index contributed by atoms with van der Waals surface area (Å²) in [6, 6.07) is 4.42. The van der Waals surface area contributed by atoms with E-state index in [1.807, 2.05) is 6.92 Å². The first-order valence-electron chi connectivity index (χ1n) is 7.37. The fourth-order valence-corrected chi connectivity index (χ4v) is 2.63. The Morgan fingerprint density at radius 3 is 2.74 bits per heavy atom. The predicted octanol–water partition coefficient (Wildman–Crippen LogP) is 3.84. The van der Waals surface area contributed by atoms with E-state index in [0.717, 1.165) is 0 Å². The molecule has 0 heterocycles. The van der Waals surface area contributed by atoms with Crippen molar-refractivity contribution in [2.75, 3.05) is 13.1 Å². The standard InChI is InChI=1S/C15H18ClF4N3/c1-2-21-14(22-7-6-15(18,19)20)23-12-8-9(12)13-10(16)4-3-5-11(13)17/h3-5,9,12H,2,6-8H2,1H3,(H2,21,22,23). The molecule has 1 aliphatic carbocycles. The molecule has 23 heavy (non-hydrogen) atoms. The highest BCUT2D eigenvalue weighted by Gasteiger charge is 2.42. The average molecular weight is 352 g/mol. The van der Waals surface area contributed by atoms with Gasteiger partial charge in [-0.05, 0) is 25.5 Å². The van der Waals surface area contributed by atoms with Gasteiger partial charge in [-0.2, -0.15) is 13.2 Å². The molecule has 0 saturated heterocycles. The third-order valence-electron chi connectivity index (χ3n) is 3.49. The summed E-state index contributed by atoms with van der Waals surface area (Å²) in [6.07, 6.45) is -4.55. The number of hydrogen-bond donors (Lipinski definition) is 2. The Bertz CT molecular complexity index is 554. The van der Waals surface area contributed by atoms with Crippen LogP contribution in [0.25, 0.3) is 0 Å². The van der Waals surface area contributed by atoms with Gasteiger partial charge in [-0.15, -0.1) is 0 Å². The Morgan fingerprint density at radius 1 is 1.39 bits per heavy atom. The SMILES string of the molecule is CCNC(=NCCC(F)(F)F)NC1CC1c1c(F)cccc1Cl. The van der Waals surface area contributed by atoms with Crippen molar-refractivity contribution in [3.8, 4) is 0 Å². The fourth-order valence-electron chi connectivity index (χ4n) is 2.33. The number of benzene rings is 1. The Hall–Kier alpha value is -1.50. The predicted molar refractivity (Wildman–Crippen MR) is 82.3 cm³/mol. The molecule has 1 saturated carbocycles. The van der Waals surface area contributed by atoms with E-state index in [1.54, 1.807) is 6.07 Å². The van der Waals surface area contributed by atoms with Gasteiger partial charge in [-0.25, -0.2) is 4.39 Å². The second kappa shape index (κ2) is 7.38. The molecule has 0 amide bonds. The Morgan fingerprint density at radius 2 is 2.13 bits per heavy atom. The molecule has 1 aliphatic rings. The van der Waals surface area contributed by atoms with Gasteiger partial charge in [0.1, 0.15) is 5.82 Å². The third kappa shape index (κ3) is 5.27. The quantitative estimate of drug-likeness (QED) is 0.480. The number of halogens is 5.